The van der Waals surface area contributed by atoms with Gasteiger partial charge in [0, 0.05) is 0 Å². The number of carbonyl (C=O) groups is 1. The second-order valence-corrected chi connectivity index (χ2v) is 1.42. The van der Waals surface area contributed by atoms with E-state index in [9.17, 15) is 4.79 Å². The van der Waals surface area contributed by atoms with E-state index in [4.69, 9.17) is 20.4 Å². The minimum Gasteiger partial charge on any atom is -0.478 e. The monoisotopic (exact) mass is 134 g/mol. The third kappa shape index (κ3) is 2.22. The van der Waals surface area contributed by atoms with E-state index in [1.165, 1.54) is 0 Å². The van der Waals surface area contributed by atoms with Gasteiger partial charge < -0.3 is 20.4 Å². The fraction of sp³-hybridized carbons (Fsp3) is 0.250. The Morgan fingerprint density at radius 3 is 1.67 bits per heavy atom. The normalized spacial score (nSPS) is 11.0. The van der Waals surface area contributed by atoms with E-state index in [1.807, 2.05) is 0 Å². The molecule has 0 bridgehead atoms. The first kappa shape index (κ1) is 8.09. The van der Waals surface area contributed by atoms with E-state index in [2.05, 4.69) is 6.58 Å². The molecule has 0 aliphatic rings. The molecule has 5 nitrogen and oxygen atoms in total. The molecule has 0 aromatic rings. The number of rotatable bonds is 2. The predicted octanol–water partition coefficient (Wildman–Crippen LogP) is -1.74. The molecule has 52 valence electrons. The topological polar surface area (TPSA) is 98.0 Å². The molecule has 0 amide bonds. The average molecular weight is 134 g/mol. The number of aliphatic hydroxyl groups is 3. The standard InChI is InChI=1S/C4H6O5/c1-2(3(5)6)4(7,8)9/h7-9H,1H2,(H,5,6). The van der Waals surface area contributed by atoms with Crippen molar-refractivity contribution in [2.24, 2.45) is 0 Å². The van der Waals surface area contributed by atoms with Crippen molar-refractivity contribution in [1.82, 2.24) is 0 Å². The first-order chi connectivity index (χ1) is 3.85. The lowest BCUT2D eigenvalue weighted by Crippen LogP contribution is -2.33. The third-order valence-corrected chi connectivity index (χ3v) is 0.663. The van der Waals surface area contributed by atoms with Crippen molar-refractivity contribution < 1.29 is 25.2 Å². The SMILES string of the molecule is C=C(C(=O)O)C(O)(O)O. The minimum atomic E-state index is -3.31. The summed E-state index contributed by atoms with van der Waals surface area (Å²) in [7, 11) is 0. The molecule has 5 heteroatoms. The molecular formula is C4H6O5. The second-order valence-electron chi connectivity index (χ2n) is 1.42. The van der Waals surface area contributed by atoms with Gasteiger partial charge in [0.25, 0.3) is 0 Å². The molecule has 0 atom stereocenters. The van der Waals surface area contributed by atoms with E-state index in [1.54, 1.807) is 0 Å². The maximum atomic E-state index is 9.77. The van der Waals surface area contributed by atoms with Crippen LogP contribution in [0.25, 0.3) is 0 Å². The van der Waals surface area contributed by atoms with Crippen molar-refractivity contribution in [3.8, 4) is 0 Å². The second kappa shape index (κ2) is 2.14. The molecule has 4 N–H and O–H groups in total. The van der Waals surface area contributed by atoms with Crippen LogP contribution in [0.3, 0.4) is 0 Å². The number of aliphatic carboxylic acids is 1. The molecule has 0 aromatic heterocycles. The lowest BCUT2D eigenvalue weighted by Gasteiger charge is -2.11. The van der Waals surface area contributed by atoms with Crippen molar-refractivity contribution >= 4 is 5.97 Å². The van der Waals surface area contributed by atoms with E-state index in [0.717, 1.165) is 0 Å². The Kier molecular flexibility index (Phi) is 1.92. The van der Waals surface area contributed by atoms with Crippen molar-refractivity contribution in [3.63, 3.8) is 0 Å². The molecule has 0 unspecified atom stereocenters. The highest BCUT2D eigenvalue weighted by Crippen LogP contribution is 2.05. The van der Waals surface area contributed by atoms with Gasteiger partial charge in [0.2, 0.25) is 0 Å². The zero-order chi connectivity index (χ0) is 7.65. The largest absolute Gasteiger partial charge is 0.478 e. The van der Waals surface area contributed by atoms with Gasteiger partial charge in [-0.25, -0.2) is 4.79 Å². The van der Waals surface area contributed by atoms with Crippen LogP contribution in [0.4, 0.5) is 0 Å². The Morgan fingerprint density at radius 1 is 1.33 bits per heavy atom. The molecule has 0 rings (SSSR count). The summed E-state index contributed by atoms with van der Waals surface area (Å²) in [4.78, 5) is 9.77. The van der Waals surface area contributed by atoms with Crippen LogP contribution >= 0.6 is 0 Å². The highest BCUT2D eigenvalue weighted by Gasteiger charge is 2.28. The fourth-order valence-corrected chi connectivity index (χ4v) is 0.143. The first-order valence-electron chi connectivity index (χ1n) is 1.95. The summed E-state index contributed by atoms with van der Waals surface area (Å²) in [6, 6.07) is 0. The lowest BCUT2D eigenvalue weighted by molar-refractivity contribution is -0.281. The maximum absolute atomic E-state index is 9.77. The van der Waals surface area contributed by atoms with Crippen LogP contribution in [0.5, 0.6) is 0 Å². The van der Waals surface area contributed by atoms with Gasteiger partial charge in [-0.05, 0) is 0 Å². The van der Waals surface area contributed by atoms with Crippen molar-refractivity contribution in [2.45, 2.75) is 5.97 Å². The van der Waals surface area contributed by atoms with Gasteiger partial charge in [-0.15, -0.1) is 0 Å². The Bertz CT molecular complexity index is 142. The van der Waals surface area contributed by atoms with E-state index in [0.29, 0.717) is 0 Å². The van der Waals surface area contributed by atoms with Gasteiger partial charge in [0.15, 0.2) is 0 Å². The van der Waals surface area contributed by atoms with Crippen LogP contribution in [-0.4, -0.2) is 32.4 Å². The fourth-order valence-electron chi connectivity index (χ4n) is 0.143. The summed E-state index contributed by atoms with van der Waals surface area (Å²) in [5.74, 6) is -4.98. The number of carboxylic acid groups (broad SMARTS) is 1. The van der Waals surface area contributed by atoms with Crippen molar-refractivity contribution in [1.29, 1.82) is 0 Å². The smallest absolute Gasteiger partial charge is 0.339 e. The van der Waals surface area contributed by atoms with Gasteiger partial charge in [0.1, 0.15) is 5.57 Å². The summed E-state index contributed by atoms with van der Waals surface area (Å²) in [5, 5.41) is 32.2. The van der Waals surface area contributed by atoms with E-state index in [-0.39, 0.29) is 0 Å². The lowest BCUT2D eigenvalue weighted by atomic mass is 10.3. The van der Waals surface area contributed by atoms with Crippen LogP contribution in [-0.2, 0) is 4.79 Å². The number of carboxylic acids is 1. The molecule has 0 radical (unpaired) electrons. The summed E-state index contributed by atoms with van der Waals surface area (Å²) < 4.78 is 0. The zero-order valence-electron chi connectivity index (χ0n) is 4.40. The molecule has 0 aliphatic carbocycles. The molecule has 0 heterocycles. The van der Waals surface area contributed by atoms with Gasteiger partial charge in [0.05, 0.1) is 0 Å². The minimum absolute atomic E-state index is 1.08. The summed E-state index contributed by atoms with van der Waals surface area (Å²) in [5.41, 5.74) is -1.08. The molecular weight excluding hydrogens is 128 g/mol. The molecule has 9 heavy (non-hydrogen) atoms. The molecule has 0 aliphatic heterocycles. The molecule has 0 aromatic carbocycles. The van der Waals surface area contributed by atoms with Gasteiger partial charge in [-0.1, -0.05) is 6.58 Å². The average Bonchev–Trinajstić information content (AvgIpc) is 1.62. The van der Waals surface area contributed by atoms with Crippen LogP contribution < -0.4 is 0 Å². The van der Waals surface area contributed by atoms with Crippen molar-refractivity contribution in [2.75, 3.05) is 0 Å². The maximum Gasteiger partial charge on any atom is 0.339 e. The number of hydrogen-bond acceptors (Lipinski definition) is 4. The Labute approximate surface area is 50.5 Å². The summed E-state index contributed by atoms with van der Waals surface area (Å²) in [6.07, 6.45) is 0. The molecule has 0 saturated heterocycles. The van der Waals surface area contributed by atoms with Gasteiger partial charge >= 0.3 is 11.9 Å². The van der Waals surface area contributed by atoms with Crippen LogP contribution in [0.1, 0.15) is 0 Å². The number of hydrogen-bond donors (Lipinski definition) is 4. The molecule has 0 fully saturated rings. The van der Waals surface area contributed by atoms with Gasteiger partial charge in [-0.3, -0.25) is 0 Å². The zero-order valence-corrected chi connectivity index (χ0v) is 4.40. The van der Waals surface area contributed by atoms with E-state index < -0.39 is 17.5 Å². The predicted molar refractivity (Wildman–Crippen MR) is 26.2 cm³/mol. The first-order valence-corrected chi connectivity index (χ1v) is 1.95. The van der Waals surface area contributed by atoms with E-state index >= 15 is 0 Å². The quantitative estimate of drug-likeness (QED) is 0.265. The summed E-state index contributed by atoms with van der Waals surface area (Å²) in [6.45, 7) is 2.68. The third-order valence-electron chi connectivity index (χ3n) is 0.663. The van der Waals surface area contributed by atoms with Crippen molar-refractivity contribution in [3.05, 3.63) is 12.2 Å². The van der Waals surface area contributed by atoms with Crippen LogP contribution in [0, 0.1) is 0 Å². The molecule has 0 spiro atoms. The Morgan fingerprint density at radius 2 is 1.67 bits per heavy atom. The van der Waals surface area contributed by atoms with Crippen LogP contribution in [0.15, 0.2) is 12.2 Å². The Balaban J connectivity index is 4.23. The highest BCUT2D eigenvalue weighted by molar-refractivity contribution is 5.87. The van der Waals surface area contributed by atoms with Crippen LogP contribution in [0.2, 0.25) is 0 Å². The van der Waals surface area contributed by atoms with Gasteiger partial charge in [-0.2, -0.15) is 0 Å². The summed E-state index contributed by atoms with van der Waals surface area (Å²) >= 11 is 0. The highest BCUT2D eigenvalue weighted by atomic mass is 16.7. The Hall–Kier alpha value is -0.910. The molecule has 0 saturated carbocycles.